The fraction of sp³-hybridized carbons (Fsp3) is 0.316. The van der Waals surface area contributed by atoms with Crippen LogP contribution < -0.4 is 5.32 Å². The molecule has 0 radical (unpaired) electrons. The number of urea groups is 1. The van der Waals surface area contributed by atoms with Crippen molar-refractivity contribution < 1.29 is 9.18 Å². The number of amides is 2. The molecule has 0 spiro atoms. The number of piperazine rings is 1. The second-order valence-corrected chi connectivity index (χ2v) is 7.04. The van der Waals surface area contributed by atoms with E-state index in [1.807, 2.05) is 12.1 Å². The molecular weight excluding hydrogens is 376 g/mol. The molecule has 3 rings (SSSR count). The molecule has 0 aliphatic carbocycles. The van der Waals surface area contributed by atoms with Crippen LogP contribution in [0, 0.1) is 5.82 Å². The third-order valence-corrected chi connectivity index (χ3v) is 5.22. The molecule has 26 heavy (non-hydrogen) atoms. The van der Waals surface area contributed by atoms with E-state index in [0.717, 1.165) is 25.2 Å². The second-order valence-electron chi connectivity index (χ2n) is 6.23. The summed E-state index contributed by atoms with van der Waals surface area (Å²) in [5.41, 5.74) is 1.35. The quantitative estimate of drug-likeness (QED) is 0.825. The Labute approximate surface area is 162 Å². The number of nitrogens with zero attached hydrogens (tertiary/aromatic N) is 2. The van der Waals surface area contributed by atoms with Crippen LogP contribution in [0.5, 0.6) is 0 Å². The molecule has 1 heterocycles. The van der Waals surface area contributed by atoms with Gasteiger partial charge in [-0.1, -0.05) is 41.4 Å². The van der Waals surface area contributed by atoms with Gasteiger partial charge in [0.2, 0.25) is 0 Å². The van der Waals surface area contributed by atoms with Gasteiger partial charge in [-0.25, -0.2) is 9.18 Å². The molecular formula is C19H20Cl2FN3O. The van der Waals surface area contributed by atoms with Crippen LogP contribution in [-0.2, 0) is 6.42 Å². The normalized spacial score (nSPS) is 15.1. The summed E-state index contributed by atoms with van der Waals surface area (Å²) in [7, 11) is 0. The number of hydrogen-bond donors (Lipinski definition) is 1. The van der Waals surface area contributed by atoms with Gasteiger partial charge in [0.25, 0.3) is 0 Å². The van der Waals surface area contributed by atoms with Gasteiger partial charge in [0.15, 0.2) is 0 Å². The lowest BCUT2D eigenvalue weighted by atomic mass is 10.1. The standard InChI is InChI=1S/C19H20Cl2FN3O/c20-16-6-5-15(13-17(16)21)23-19(26)25-11-9-24(10-12-25)8-7-14-3-1-2-4-18(14)22/h1-6,13H,7-12H2,(H,23,26). The van der Waals surface area contributed by atoms with E-state index in [1.165, 1.54) is 6.07 Å². The highest BCUT2D eigenvalue weighted by Crippen LogP contribution is 2.25. The maximum absolute atomic E-state index is 13.7. The smallest absolute Gasteiger partial charge is 0.321 e. The van der Waals surface area contributed by atoms with Crippen LogP contribution >= 0.6 is 23.2 Å². The molecule has 2 amide bonds. The molecule has 1 fully saturated rings. The maximum atomic E-state index is 13.7. The zero-order valence-corrected chi connectivity index (χ0v) is 15.7. The number of hydrogen-bond acceptors (Lipinski definition) is 2. The Bertz CT molecular complexity index is 779. The highest BCUT2D eigenvalue weighted by atomic mass is 35.5. The first-order chi connectivity index (χ1) is 12.5. The molecule has 1 N–H and O–H groups in total. The zero-order valence-electron chi connectivity index (χ0n) is 14.2. The number of carbonyl (C=O) groups is 1. The number of rotatable bonds is 4. The van der Waals surface area contributed by atoms with E-state index < -0.39 is 0 Å². The topological polar surface area (TPSA) is 35.6 Å². The molecule has 0 saturated carbocycles. The molecule has 0 aromatic heterocycles. The molecule has 7 heteroatoms. The summed E-state index contributed by atoms with van der Waals surface area (Å²) in [6, 6.07) is 11.7. The highest BCUT2D eigenvalue weighted by Gasteiger charge is 2.21. The molecule has 1 aliphatic heterocycles. The first kappa shape index (κ1) is 19.0. The largest absolute Gasteiger partial charge is 0.322 e. The number of carbonyl (C=O) groups excluding carboxylic acids is 1. The first-order valence-electron chi connectivity index (χ1n) is 8.49. The lowest BCUT2D eigenvalue weighted by molar-refractivity contribution is 0.148. The molecule has 4 nitrogen and oxygen atoms in total. The summed E-state index contributed by atoms with van der Waals surface area (Å²) in [6.07, 6.45) is 0.669. The van der Waals surface area contributed by atoms with E-state index in [2.05, 4.69) is 10.2 Å². The minimum Gasteiger partial charge on any atom is -0.322 e. The van der Waals surface area contributed by atoms with Gasteiger partial charge in [-0.2, -0.15) is 0 Å². The van der Waals surface area contributed by atoms with Gasteiger partial charge in [0.05, 0.1) is 10.0 Å². The van der Waals surface area contributed by atoms with Gasteiger partial charge in [-0.15, -0.1) is 0 Å². The molecule has 0 bridgehead atoms. The van der Waals surface area contributed by atoms with Crippen molar-refractivity contribution in [3.8, 4) is 0 Å². The van der Waals surface area contributed by atoms with Crippen molar-refractivity contribution in [2.45, 2.75) is 6.42 Å². The maximum Gasteiger partial charge on any atom is 0.321 e. The predicted molar refractivity (Wildman–Crippen MR) is 104 cm³/mol. The SMILES string of the molecule is O=C(Nc1ccc(Cl)c(Cl)c1)N1CCN(CCc2ccccc2F)CC1. The van der Waals surface area contributed by atoms with Crippen molar-refractivity contribution >= 4 is 34.9 Å². The summed E-state index contributed by atoms with van der Waals surface area (Å²) >= 11 is 11.8. The van der Waals surface area contributed by atoms with E-state index in [0.29, 0.717) is 35.2 Å². The fourth-order valence-electron chi connectivity index (χ4n) is 2.93. The Hall–Kier alpha value is -1.82. The van der Waals surface area contributed by atoms with Crippen LogP contribution in [0.2, 0.25) is 10.0 Å². The number of halogens is 3. The minimum atomic E-state index is -0.160. The van der Waals surface area contributed by atoms with E-state index in [-0.39, 0.29) is 11.8 Å². The van der Waals surface area contributed by atoms with Crippen molar-refractivity contribution in [1.29, 1.82) is 0 Å². The van der Waals surface area contributed by atoms with Crippen LogP contribution in [-0.4, -0.2) is 48.6 Å². The first-order valence-corrected chi connectivity index (χ1v) is 9.25. The monoisotopic (exact) mass is 395 g/mol. The van der Waals surface area contributed by atoms with Crippen LogP contribution in [0.1, 0.15) is 5.56 Å². The Kier molecular flexibility index (Phi) is 6.35. The lowest BCUT2D eigenvalue weighted by Gasteiger charge is -2.34. The van der Waals surface area contributed by atoms with Gasteiger partial charge in [0.1, 0.15) is 5.82 Å². The van der Waals surface area contributed by atoms with Crippen LogP contribution in [0.4, 0.5) is 14.9 Å². The Balaban J connectivity index is 1.46. The van der Waals surface area contributed by atoms with Gasteiger partial charge < -0.3 is 10.2 Å². The summed E-state index contributed by atoms with van der Waals surface area (Å²) in [4.78, 5) is 16.4. The summed E-state index contributed by atoms with van der Waals surface area (Å²) in [5, 5.41) is 3.69. The van der Waals surface area contributed by atoms with Crippen LogP contribution in [0.15, 0.2) is 42.5 Å². The lowest BCUT2D eigenvalue weighted by Crippen LogP contribution is -2.50. The highest BCUT2D eigenvalue weighted by molar-refractivity contribution is 6.42. The third-order valence-electron chi connectivity index (χ3n) is 4.49. The van der Waals surface area contributed by atoms with Crippen molar-refractivity contribution in [3.63, 3.8) is 0 Å². The predicted octanol–water partition coefficient (Wildman–Crippen LogP) is 4.52. The van der Waals surface area contributed by atoms with Gasteiger partial charge in [-0.3, -0.25) is 4.90 Å². The second kappa shape index (κ2) is 8.71. The number of anilines is 1. The van der Waals surface area contributed by atoms with Gasteiger partial charge in [-0.05, 0) is 36.2 Å². The minimum absolute atomic E-state index is 0.155. The van der Waals surface area contributed by atoms with Crippen LogP contribution in [0.25, 0.3) is 0 Å². The number of benzene rings is 2. The summed E-state index contributed by atoms with van der Waals surface area (Å²) < 4.78 is 13.7. The fourth-order valence-corrected chi connectivity index (χ4v) is 3.23. The van der Waals surface area contributed by atoms with Crippen molar-refractivity contribution in [1.82, 2.24) is 9.80 Å². The summed E-state index contributed by atoms with van der Waals surface area (Å²) in [5.74, 6) is -0.160. The van der Waals surface area contributed by atoms with Crippen molar-refractivity contribution in [2.75, 3.05) is 38.0 Å². The van der Waals surface area contributed by atoms with Crippen molar-refractivity contribution in [2.24, 2.45) is 0 Å². The van der Waals surface area contributed by atoms with Gasteiger partial charge in [0, 0.05) is 38.4 Å². The average Bonchev–Trinajstić information content (AvgIpc) is 2.64. The molecule has 2 aromatic carbocycles. The van der Waals surface area contributed by atoms with E-state index in [9.17, 15) is 9.18 Å². The molecule has 2 aromatic rings. The van der Waals surface area contributed by atoms with Crippen molar-refractivity contribution in [3.05, 3.63) is 63.9 Å². The van der Waals surface area contributed by atoms with Crippen LogP contribution in [0.3, 0.4) is 0 Å². The Morgan fingerprint density at radius 2 is 1.77 bits per heavy atom. The average molecular weight is 396 g/mol. The van der Waals surface area contributed by atoms with E-state index in [1.54, 1.807) is 29.2 Å². The Morgan fingerprint density at radius 3 is 2.46 bits per heavy atom. The third kappa shape index (κ3) is 4.87. The summed E-state index contributed by atoms with van der Waals surface area (Å²) in [6.45, 7) is 3.57. The molecule has 0 atom stereocenters. The molecule has 1 aliphatic rings. The number of nitrogens with one attached hydrogen (secondary N) is 1. The zero-order chi connectivity index (χ0) is 18.5. The van der Waals surface area contributed by atoms with E-state index in [4.69, 9.17) is 23.2 Å². The molecule has 0 unspecified atom stereocenters. The van der Waals surface area contributed by atoms with Gasteiger partial charge >= 0.3 is 6.03 Å². The Morgan fingerprint density at radius 1 is 1.04 bits per heavy atom. The van der Waals surface area contributed by atoms with E-state index >= 15 is 0 Å². The molecule has 138 valence electrons. The molecule has 1 saturated heterocycles.